The van der Waals surface area contributed by atoms with Gasteiger partial charge in [0.05, 0.1) is 5.41 Å². The number of carboxylic acids is 1. The molecule has 0 bridgehead atoms. The van der Waals surface area contributed by atoms with Crippen LogP contribution in [-0.4, -0.2) is 61.9 Å². The van der Waals surface area contributed by atoms with Crippen molar-refractivity contribution in [2.24, 2.45) is 5.41 Å². The molecule has 1 aromatic rings. The number of carboxylic acid groups (broad SMARTS) is 1. The van der Waals surface area contributed by atoms with Gasteiger partial charge in [0, 0.05) is 45.1 Å². The third-order valence-electron chi connectivity index (χ3n) is 6.50. The summed E-state index contributed by atoms with van der Waals surface area (Å²) in [6.45, 7) is 6.65. The Morgan fingerprint density at radius 2 is 2.00 bits per heavy atom. The molecule has 2 fully saturated rings. The minimum Gasteiger partial charge on any atom is -0.481 e. The van der Waals surface area contributed by atoms with Crippen LogP contribution in [0.1, 0.15) is 44.1 Å². The van der Waals surface area contributed by atoms with Crippen molar-refractivity contribution in [1.29, 1.82) is 0 Å². The first-order valence-electron chi connectivity index (χ1n) is 10.3. The molecule has 0 aliphatic carbocycles. The van der Waals surface area contributed by atoms with Gasteiger partial charge in [0.1, 0.15) is 0 Å². The van der Waals surface area contributed by atoms with Gasteiger partial charge in [-0.3, -0.25) is 9.69 Å². The third kappa shape index (κ3) is 4.64. The summed E-state index contributed by atoms with van der Waals surface area (Å²) >= 11 is 0. The normalized spacial score (nSPS) is 24.9. The number of ether oxygens (including phenoxy) is 1. The van der Waals surface area contributed by atoms with E-state index in [1.165, 1.54) is 11.3 Å². The maximum atomic E-state index is 12.1. The quantitative estimate of drug-likeness (QED) is 0.740. The third-order valence-corrected chi connectivity index (χ3v) is 6.50. The minimum atomic E-state index is -0.624. The molecule has 0 aromatic heterocycles. The van der Waals surface area contributed by atoms with Crippen molar-refractivity contribution < 1.29 is 14.6 Å². The first-order valence-corrected chi connectivity index (χ1v) is 10.3. The Morgan fingerprint density at radius 1 is 1.26 bits per heavy atom. The zero-order valence-electron chi connectivity index (χ0n) is 16.8. The maximum Gasteiger partial charge on any atom is 0.310 e. The number of carbonyl (C=O) groups is 1. The van der Waals surface area contributed by atoms with Crippen molar-refractivity contribution in [3.8, 4) is 0 Å². The van der Waals surface area contributed by atoms with Crippen LogP contribution in [0.2, 0.25) is 0 Å². The average Bonchev–Trinajstić information content (AvgIpc) is 2.69. The van der Waals surface area contributed by atoms with Crippen LogP contribution in [0.3, 0.4) is 0 Å². The highest BCUT2D eigenvalue weighted by Crippen LogP contribution is 2.37. The molecule has 0 saturated carbocycles. The van der Waals surface area contributed by atoms with Crippen molar-refractivity contribution in [3.63, 3.8) is 0 Å². The van der Waals surface area contributed by atoms with Gasteiger partial charge in [0.25, 0.3) is 0 Å². The average molecular weight is 375 g/mol. The first-order chi connectivity index (χ1) is 13.1. The standard InChI is InChI=1S/C22H34N2O3/c1-18-7-3-4-8-20(18)23-14-9-19(10-15-23)24-13-5-11-22(17-24,21(25)26)12-6-16-27-2/h3-4,7-8,19H,5-6,9-17H2,1-2H3,(H,25,26)/t22-/m1/s1. The van der Waals surface area contributed by atoms with E-state index in [0.29, 0.717) is 25.6 Å². The van der Waals surface area contributed by atoms with Crippen LogP contribution in [0.15, 0.2) is 24.3 Å². The lowest BCUT2D eigenvalue weighted by molar-refractivity contribution is -0.154. The molecule has 3 rings (SSSR count). The molecule has 0 unspecified atom stereocenters. The molecule has 0 spiro atoms. The summed E-state index contributed by atoms with van der Waals surface area (Å²) in [7, 11) is 1.68. The lowest BCUT2D eigenvalue weighted by Crippen LogP contribution is -2.54. The van der Waals surface area contributed by atoms with Gasteiger partial charge in [-0.15, -0.1) is 0 Å². The largest absolute Gasteiger partial charge is 0.481 e. The van der Waals surface area contributed by atoms with E-state index >= 15 is 0 Å². The molecule has 1 atom stereocenters. The second kappa shape index (κ2) is 9.07. The van der Waals surface area contributed by atoms with Gasteiger partial charge in [-0.05, 0) is 63.6 Å². The number of likely N-dealkylation sites (tertiary alicyclic amines) is 1. The molecule has 1 aromatic carbocycles. The van der Waals surface area contributed by atoms with Crippen molar-refractivity contribution in [1.82, 2.24) is 4.90 Å². The number of para-hydroxylation sites is 1. The SMILES string of the molecule is COCCC[C@]1(C(=O)O)CCCN(C2CCN(c3ccccc3C)CC2)C1. The van der Waals surface area contributed by atoms with Crippen LogP contribution in [0.4, 0.5) is 5.69 Å². The number of anilines is 1. The second-order valence-electron chi connectivity index (χ2n) is 8.26. The van der Waals surface area contributed by atoms with Crippen molar-refractivity contribution in [2.45, 2.75) is 51.5 Å². The van der Waals surface area contributed by atoms with Crippen LogP contribution >= 0.6 is 0 Å². The fourth-order valence-electron chi connectivity index (χ4n) is 4.91. The highest BCUT2D eigenvalue weighted by atomic mass is 16.5. The molecular weight excluding hydrogens is 340 g/mol. The number of aliphatic carboxylic acids is 1. The zero-order chi connectivity index (χ0) is 19.3. The van der Waals surface area contributed by atoms with Gasteiger partial charge in [-0.2, -0.15) is 0 Å². The second-order valence-corrected chi connectivity index (χ2v) is 8.26. The van der Waals surface area contributed by atoms with Crippen LogP contribution in [0.5, 0.6) is 0 Å². The number of rotatable bonds is 7. The molecule has 5 heteroatoms. The number of nitrogens with zero attached hydrogens (tertiary/aromatic N) is 2. The Labute approximate surface area is 163 Å². The monoisotopic (exact) mass is 374 g/mol. The fourth-order valence-corrected chi connectivity index (χ4v) is 4.91. The summed E-state index contributed by atoms with van der Waals surface area (Å²) in [5, 5.41) is 9.95. The van der Waals surface area contributed by atoms with Crippen molar-refractivity contribution in [2.75, 3.05) is 44.8 Å². The molecule has 150 valence electrons. The van der Waals surface area contributed by atoms with E-state index in [2.05, 4.69) is 41.0 Å². The number of hydrogen-bond acceptors (Lipinski definition) is 4. The lowest BCUT2D eigenvalue weighted by Gasteiger charge is -2.46. The van der Waals surface area contributed by atoms with Gasteiger partial charge < -0.3 is 14.7 Å². The Bertz CT molecular complexity index is 628. The van der Waals surface area contributed by atoms with E-state index in [-0.39, 0.29) is 0 Å². The fraction of sp³-hybridized carbons (Fsp3) is 0.682. The molecule has 2 aliphatic rings. The Balaban J connectivity index is 1.60. The molecule has 27 heavy (non-hydrogen) atoms. The summed E-state index contributed by atoms with van der Waals surface area (Å²) in [6.07, 6.45) is 5.54. The van der Waals surface area contributed by atoms with E-state index in [4.69, 9.17) is 4.74 Å². The summed E-state index contributed by atoms with van der Waals surface area (Å²) in [5.41, 5.74) is 2.08. The number of hydrogen-bond donors (Lipinski definition) is 1. The van der Waals surface area contributed by atoms with Gasteiger partial charge in [0.15, 0.2) is 0 Å². The van der Waals surface area contributed by atoms with E-state index in [9.17, 15) is 9.90 Å². The summed E-state index contributed by atoms with van der Waals surface area (Å²) in [5.74, 6) is -0.624. The number of aryl methyl sites for hydroxylation is 1. The smallest absolute Gasteiger partial charge is 0.310 e. The van der Waals surface area contributed by atoms with Gasteiger partial charge in [-0.25, -0.2) is 0 Å². The van der Waals surface area contributed by atoms with Crippen LogP contribution < -0.4 is 4.90 Å². The predicted molar refractivity (Wildman–Crippen MR) is 108 cm³/mol. The van der Waals surface area contributed by atoms with Crippen LogP contribution in [0.25, 0.3) is 0 Å². The maximum absolute atomic E-state index is 12.1. The minimum absolute atomic E-state index is 0.506. The Hall–Kier alpha value is -1.59. The van der Waals surface area contributed by atoms with Crippen LogP contribution in [-0.2, 0) is 9.53 Å². The van der Waals surface area contributed by atoms with Gasteiger partial charge in [-0.1, -0.05) is 18.2 Å². The Morgan fingerprint density at radius 3 is 2.67 bits per heavy atom. The van der Waals surface area contributed by atoms with Gasteiger partial charge >= 0.3 is 5.97 Å². The topological polar surface area (TPSA) is 53.0 Å². The number of methoxy groups -OCH3 is 1. The predicted octanol–water partition coefficient (Wildman–Crippen LogP) is 3.56. The number of piperidine rings is 2. The molecule has 1 N–H and O–H groups in total. The summed E-state index contributed by atoms with van der Waals surface area (Å²) in [4.78, 5) is 17.1. The molecule has 0 radical (unpaired) electrons. The summed E-state index contributed by atoms with van der Waals surface area (Å²) in [6, 6.07) is 9.09. The van der Waals surface area contributed by atoms with Crippen molar-refractivity contribution >= 4 is 11.7 Å². The van der Waals surface area contributed by atoms with E-state index < -0.39 is 11.4 Å². The number of benzene rings is 1. The highest BCUT2D eigenvalue weighted by molar-refractivity contribution is 5.75. The molecular formula is C22H34N2O3. The van der Waals surface area contributed by atoms with Crippen molar-refractivity contribution in [3.05, 3.63) is 29.8 Å². The van der Waals surface area contributed by atoms with E-state index in [1.807, 2.05) is 0 Å². The molecule has 2 aliphatic heterocycles. The first kappa shape index (κ1) is 20.2. The molecule has 2 heterocycles. The zero-order valence-corrected chi connectivity index (χ0v) is 16.8. The molecule has 2 saturated heterocycles. The highest BCUT2D eigenvalue weighted by Gasteiger charge is 2.43. The lowest BCUT2D eigenvalue weighted by atomic mass is 9.75. The Kier molecular flexibility index (Phi) is 6.77. The van der Waals surface area contributed by atoms with Crippen LogP contribution in [0, 0.1) is 12.3 Å². The molecule has 0 amide bonds. The van der Waals surface area contributed by atoms with E-state index in [0.717, 1.165) is 51.7 Å². The summed E-state index contributed by atoms with van der Waals surface area (Å²) < 4.78 is 5.15. The molecule has 5 nitrogen and oxygen atoms in total. The van der Waals surface area contributed by atoms with E-state index in [1.54, 1.807) is 7.11 Å². The van der Waals surface area contributed by atoms with Gasteiger partial charge in [0.2, 0.25) is 0 Å².